The Morgan fingerprint density at radius 3 is 2.16 bits per heavy atom. The molecule has 0 heterocycles. The molecular formula is C21H26F3NO6S. The van der Waals surface area contributed by atoms with Gasteiger partial charge in [0.2, 0.25) is 0 Å². The summed E-state index contributed by atoms with van der Waals surface area (Å²) in [7, 11) is -3.20. The first-order valence-corrected chi connectivity index (χ1v) is 11.7. The highest BCUT2D eigenvalue weighted by molar-refractivity contribution is 7.91. The third kappa shape index (κ3) is 5.48. The van der Waals surface area contributed by atoms with E-state index in [1.165, 1.54) is 20.8 Å². The molecule has 1 saturated carbocycles. The highest BCUT2D eigenvalue weighted by Crippen LogP contribution is 2.41. The number of halogens is 3. The Kier molecular flexibility index (Phi) is 7.13. The van der Waals surface area contributed by atoms with Crippen LogP contribution in [0.25, 0.3) is 0 Å². The van der Waals surface area contributed by atoms with Crippen molar-refractivity contribution in [2.45, 2.75) is 50.0 Å². The number of hydrogen-bond donors (Lipinski definition) is 1. The van der Waals surface area contributed by atoms with E-state index < -0.39 is 79.1 Å². The van der Waals surface area contributed by atoms with Gasteiger partial charge in [-0.15, -0.1) is 0 Å². The minimum absolute atomic E-state index is 0.466. The Morgan fingerprint density at radius 2 is 1.75 bits per heavy atom. The second-order valence-corrected chi connectivity index (χ2v) is 10.7. The number of carbonyl (C=O) groups excluding carboxylic acids is 3. The number of Topliss-reactive ketones (excluding diaryl/α,β-unsaturated/α-hetero) is 2. The van der Waals surface area contributed by atoms with Crippen LogP contribution in [0.15, 0.2) is 17.0 Å². The maximum atomic E-state index is 14.1. The predicted molar refractivity (Wildman–Crippen MR) is 110 cm³/mol. The molecule has 178 valence electrons. The van der Waals surface area contributed by atoms with Crippen LogP contribution < -0.4 is 5.32 Å². The molecule has 0 bridgehead atoms. The highest BCUT2D eigenvalue weighted by Gasteiger charge is 2.46. The van der Waals surface area contributed by atoms with Crippen LogP contribution in [0.3, 0.4) is 0 Å². The Hall–Kier alpha value is -2.43. The number of esters is 1. The number of nitrogens with one attached hydrogen (secondary N) is 1. The fraction of sp³-hybridized carbons (Fsp3) is 0.571. The number of rotatable bonds is 9. The number of carbonyl (C=O) groups is 3. The molecule has 7 nitrogen and oxygen atoms in total. The van der Waals surface area contributed by atoms with E-state index in [0.29, 0.717) is 25.2 Å². The van der Waals surface area contributed by atoms with E-state index in [9.17, 15) is 36.0 Å². The van der Waals surface area contributed by atoms with Gasteiger partial charge in [0.25, 0.3) is 0 Å². The van der Waals surface area contributed by atoms with E-state index in [0.717, 1.165) is 13.1 Å². The monoisotopic (exact) mass is 477 g/mol. The number of ketones is 2. The smallest absolute Gasteiger partial charge is 0.325 e. The Morgan fingerprint density at radius 1 is 1.19 bits per heavy atom. The Bertz CT molecular complexity index is 1040. The Labute approximate surface area is 184 Å². The van der Waals surface area contributed by atoms with Gasteiger partial charge in [-0.05, 0) is 39.7 Å². The van der Waals surface area contributed by atoms with Crippen molar-refractivity contribution in [3.8, 4) is 0 Å². The van der Waals surface area contributed by atoms with E-state index in [-0.39, 0.29) is 0 Å². The van der Waals surface area contributed by atoms with Crippen molar-refractivity contribution in [1.82, 2.24) is 0 Å². The molecular weight excluding hydrogens is 451 g/mol. The quantitative estimate of drug-likeness (QED) is 0.330. The molecule has 11 heteroatoms. The largest absolute Gasteiger partial charge is 0.459 e. The van der Waals surface area contributed by atoms with E-state index in [4.69, 9.17) is 4.74 Å². The number of ether oxygens (including phenoxy) is 1. The third-order valence-corrected chi connectivity index (χ3v) is 5.94. The fourth-order valence-corrected chi connectivity index (χ4v) is 4.41. The van der Waals surface area contributed by atoms with Crippen molar-refractivity contribution in [2.75, 3.05) is 25.3 Å². The molecule has 1 aromatic rings. The van der Waals surface area contributed by atoms with Crippen LogP contribution in [0.1, 0.15) is 49.5 Å². The van der Waals surface area contributed by atoms with Gasteiger partial charge in [0, 0.05) is 30.3 Å². The third-order valence-electron chi connectivity index (χ3n) is 4.77. The van der Waals surface area contributed by atoms with E-state index in [2.05, 4.69) is 5.32 Å². The lowest BCUT2D eigenvalue weighted by molar-refractivity contribution is -0.160. The normalized spacial score (nSPS) is 15.8. The first-order valence-electron chi connectivity index (χ1n) is 9.85. The topological polar surface area (TPSA) is 107 Å². The van der Waals surface area contributed by atoms with Crippen LogP contribution >= 0.6 is 0 Å². The van der Waals surface area contributed by atoms with Crippen LogP contribution in [-0.2, 0) is 30.1 Å². The molecule has 0 spiro atoms. The standard InChI is InChI=1S/C21H26F3NO6S/c1-20(2,3)31-19(28)14(16(26)11-6-7-11)17(27)12-8-9-13(21(23,24)10-22)15(25-4)18(12)32(5,29)30/h8-9,11,14,25H,6-7,10H2,1-5H3. The van der Waals surface area contributed by atoms with Crippen LogP contribution in [0.2, 0.25) is 0 Å². The van der Waals surface area contributed by atoms with E-state index >= 15 is 0 Å². The molecule has 1 atom stereocenters. The summed E-state index contributed by atoms with van der Waals surface area (Å²) in [5, 5.41) is 2.30. The fourth-order valence-electron chi connectivity index (χ4n) is 3.26. The van der Waals surface area contributed by atoms with Crippen molar-refractivity contribution in [2.24, 2.45) is 11.8 Å². The molecule has 2 rings (SSSR count). The van der Waals surface area contributed by atoms with Crippen molar-refractivity contribution in [3.63, 3.8) is 0 Å². The summed E-state index contributed by atoms with van der Waals surface area (Å²) >= 11 is 0. The zero-order valence-electron chi connectivity index (χ0n) is 18.4. The van der Waals surface area contributed by atoms with E-state index in [1.54, 1.807) is 0 Å². The van der Waals surface area contributed by atoms with Gasteiger partial charge in [0.05, 0.1) is 5.69 Å². The maximum Gasteiger partial charge on any atom is 0.325 e. The molecule has 0 radical (unpaired) electrons. The van der Waals surface area contributed by atoms with Gasteiger partial charge in [-0.1, -0.05) is 6.07 Å². The molecule has 1 fully saturated rings. The summed E-state index contributed by atoms with van der Waals surface area (Å²) in [6, 6.07) is 1.48. The minimum atomic E-state index is -4.34. The lowest BCUT2D eigenvalue weighted by atomic mass is 9.89. The minimum Gasteiger partial charge on any atom is -0.459 e. The average molecular weight is 478 g/mol. The second-order valence-electron chi connectivity index (χ2n) is 8.73. The molecule has 1 unspecified atom stereocenters. The molecule has 0 saturated heterocycles. The van der Waals surface area contributed by atoms with Crippen LogP contribution in [0.5, 0.6) is 0 Å². The molecule has 1 aromatic carbocycles. The molecule has 1 aliphatic rings. The second kappa shape index (κ2) is 8.84. The maximum absolute atomic E-state index is 14.1. The lowest BCUT2D eigenvalue weighted by Crippen LogP contribution is -2.39. The van der Waals surface area contributed by atoms with Gasteiger partial charge in [-0.25, -0.2) is 12.8 Å². The molecule has 1 N–H and O–H groups in total. The summed E-state index contributed by atoms with van der Waals surface area (Å²) in [5.74, 6) is -9.57. The first-order chi connectivity index (χ1) is 14.5. The SMILES string of the molecule is CNc1c(C(F)(F)CF)ccc(C(=O)C(C(=O)OC(C)(C)C)C(=O)C2CC2)c1S(C)(=O)=O. The van der Waals surface area contributed by atoms with Crippen LogP contribution in [0, 0.1) is 11.8 Å². The van der Waals surface area contributed by atoms with Crippen molar-refractivity contribution in [3.05, 3.63) is 23.3 Å². The average Bonchev–Trinajstić information content (AvgIpc) is 3.49. The van der Waals surface area contributed by atoms with Gasteiger partial charge in [-0.2, -0.15) is 8.78 Å². The van der Waals surface area contributed by atoms with Crippen molar-refractivity contribution in [1.29, 1.82) is 0 Å². The zero-order chi connectivity index (χ0) is 24.6. The summed E-state index contributed by atoms with van der Waals surface area (Å²) in [6.07, 6.45) is 1.62. The summed E-state index contributed by atoms with van der Waals surface area (Å²) < 4.78 is 71.4. The summed E-state index contributed by atoms with van der Waals surface area (Å²) in [6.45, 7) is 2.49. The van der Waals surface area contributed by atoms with Gasteiger partial charge < -0.3 is 10.1 Å². The van der Waals surface area contributed by atoms with Gasteiger partial charge in [0.1, 0.15) is 10.5 Å². The number of sulfone groups is 1. The number of alkyl halides is 3. The molecule has 0 aliphatic heterocycles. The summed E-state index contributed by atoms with van der Waals surface area (Å²) in [4.78, 5) is 38.0. The van der Waals surface area contributed by atoms with Crippen LogP contribution in [0.4, 0.5) is 18.9 Å². The van der Waals surface area contributed by atoms with Crippen molar-refractivity contribution < 1.29 is 40.7 Å². The van der Waals surface area contributed by atoms with Gasteiger partial charge in [0.15, 0.2) is 34.0 Å². The summed E-state index contributed by atoms with van der Waals surface area (Å²) in [5.41, 5.74) is -3.31. The van der Waals surface area contributed by atoms with Crippen LogP contribution in [-0.4, -0.2) is 51.5 Å². The number of hydrogen-bond acceptors (Lipinski definition) is 7. The first kappa shape index (κ1) is 25.8. The molecule has 0 amide bonds. The van der Waals surface area contributed by atoms with Crippen molar-refractivity contribution >= 4 is 33.1 Å². The molecule has 0 aromatic heterocycles. The number of anilines is 1. The lowest BCUT2D eigenvalue weighted by Gasteiger charge is -2.25. The zero-order valence-corrected chi connectivity index (χ0v) is 19.2. The highest BCUT2D eigenvalue weighted by atomic mass is 32.2. The molecule has 1 aliphatic carbocycles. The van der Waals surface area contributed by atoms with E-state index in [1.807, 2.05) is 0 Å². The predicted octanol–water partition coefficient (Wildman–Crippen LogP) is 3.31. The number of benzene rings is 1. The Balaban J connectivity index is 2.73. The molecule has 32 heavy (non-hydrogen) atoms. The van der Waals surface area contributed by atoms with Gasteiger partial charge in [-0.3, -0.25) is 14.4 Å². The van der Waals surface area contributed by atoms with Gasteiger partial charge >= 0.3 is 11.9 Å².